The first-order valence-corrected chi connectivity index (χ1v) is 9.70. The fraction of sp³-hybridized carbons (Fsp3) is 0.562. The van der Waals surface area contributed by atoms with Crippen molar-refractivity contribution in [2.45, 2.75) is 11.8 Å². The molecule has 1 fully saturated rings. The number of hydrogen-bond donors (Lipinski definition) is 1. The molecule has 7 nitrogen and oxygen atoms in total. The molecule has 0 radical (unpaired) electrons. The van der Waals surface area contributed by atoms with Crippen LogP contribution in [0.15, 0.2) is 29.2 Å². The Morgan fingerprint density at radius 1 is 1.20 bits per heavy atom. The summed E-state index contributed by atoms with van der Waals surface area (Å²) in [5.41, 5.74) is 0. The topological polar surface area (TPSA) is 79.0 Å². The highest BCUT2D eigenvalue weighted by Crippen LogP contribution is 2.17. The van der Waals surface area contributed by atoms with Crippen LogP contribution in [-0.4, -0.2) is 76.0 Å². The van der Waals surface area contributed by atoms with E-state index in [-0.39, 0.29) is 17.4 Å². The van der Waals surface area contributed by atoms with Crippen LogP contribution in [0.2, 0.25) is 0 Å². The zero-order chi connectivity index (χ0) is 18.3. The van der Waals surface area contributed by atoms with Crippen molar-refractivity contribution in [2.75, 3.05) is 52.5 Å². The van der Waals surface area contributed by atoms with Gasteiger partial charge in [0.25, 0.3) is 0 Å². The molecule has 0 atom stereocenters. The first-order valence-electron chi connectivity index (χ1n) is 8.26. The number of halogens is 1. The number of carbonyl (C=O) groups excluding carboxylic acids is 1. The maximum Gasteiger partial charge on any atom is 0.246 e. The van der Waals surface area contributed by atoms with Gasteiger partial charge in [-0.1, -0.05) is 0 Å². The van der Waals surface area contributed by atoms with Gasteiger partial charge in [0.2, 0.25) is 15.9 Å². The lowest BCUT2D eigenvalue weighted by atomic mass is 10.3. The van der Waals surface area contributed by atoms with E-state index in [4.69, 9.17) is 4.74 Å². The number of nitrogens with one attached hydrogen (secondary N) is 1. The highest BCUT2D eigenvalue weighted by molar-refractivity contribution is 7.89. The van der Waals surface area contributed by atoms with Crippen molar-refractivity contribution in [3.8, 4) is 0 Å². The van der Waals surface area contributed by atoms with E-state index in [9.17, 15) is 17.6 Å². The van der Waals surface area contributed by atoms with E-state index in [1.807, 2.05) is 6.92 Å². The average molecular weight is 373 g/mol. The number of carbonyl (C=O) groups is 1. The summed E-state index contributed by atoms with van der Waals surface area (Å²) in [6.07, 6.45) is 0. The first-order chi connectivity index (χ1) is 11.9. The molecule has 0 saturated carbocycles. The van der Waals surface area contributed by atoms with Crippen LogP contribution in [0.3, 0.4) is 0 Å². The predicted molar refractivity (Wildman–Crippen MR) is 91.1 cm³/mol. The number of amides is 1. The van der Waals surface area contributed by atoms with Gasteiger partial charge in [-0.05, 0) is 31.2 Å². The highest BCUT2D eigenvalue weighted by Gasteiger charge is 2.28. The maximum atomic E-state index is 13.0. The molecule has 0 aliphatic carbocycles. The minimum atomic E-state index is -3.59. The molecular weight excluding hydrogens is 349 g/mol. The monoisotopic (exact) mass is 373 g/mol. The van der Waals surface area contributed by atoms with Gasteiger partial charge in [0, 0.05) is 45.9 Å². The molecule has 0 aromatic heterocycles. The van der Waals surface area contributed by atoms with E-state index < -0.39 is 15.8 Å². The van der Waals surface area contributed by atoms with E-state index in [0.29, 0.717) is 45.9 Å². The quantitative estimate of drug-likeness (QED) is 0.708. The summed E-state index contributed by atoms with van der Waals surface area (Å²) < 4.78 is 44.4. The lowest BCUT2D eigenvalue weighted by Gasteiger charge is -2.33. The smallest absolute Gasteiger partial charge is 0.246 e. The molecule has 0 unspecified atom stereocenters. The molecule has 1 heterocycles. The van der Waals surface area contributed by atoms with Gasteiger partial charge in [-0.3, -0.25) is 9.69 Å². The number of nitrogens with zero attached hydrogens (tertiary/aromatic N) is 2. The van der Waals surface area contributed by atoms with E-state index in [2.05, 4.69) is 10.2 Å². The van der Waals surface area contributed by atoms with E-state index in [1.54, 1.807) is 0 Å². The van der Waals surface area contributed by atoms with Gasteiger partial charge in [0.05, 0.1) is 4.90 Å². The molecule has 1 aromatic rings. The van der Waals surface area contributed by atoms with Gasteiger partial charge in [-0.25, -0.2) is 12.8 Å². The Labute approximate surface area is 147 Å². The standard InChI is InChI=1S/C16H24FN3O4S/c1-2-24-13-16(21)18-7-8-19-9-11-20(12-10-19)25(22,23)15-5-3-14(17)4-6-15/h3-6H,2,7-13H2,1H3,(H,18,21). The molecule has 25 heavy (non-hydrogen) atoms. The Kier molecular flexibility index (Phi) is 7.30. The van der Waals surface area contributed by atoms with E-state index >= 15 is 0 Å². The number of piperazine rings is 1. The summed E-state index contributed by atoms with van der Waals surface area (Å²) in [5, 5.41) is 2.76. The van der Waals surface area contributed by atoms with E-state index in [1.165, 1.54) is 16.4 Å². The largest absolute Gasteiger partial charge is 0.372 e. The van der Waals surface area contributed by atoms with E-state index in [0.717, 1.165) is 12.1 Å². The Hall–Kier alpha value is -1.55. The Bertz CT molecular complexity index is 658. The molecule has 1 aromatic carbocycles. The summed E-state index contributed by atoms with van der Waals surface area (Å²) >= 11 is 0. The molecule has 140 valence electrons. The van der Waals surface area contributed by atoms with Gasteiger partial charge in [-0.2, -0.15) is 4.31 Å². The Morgan fingerprint density at radius 2 is 1.84 bits per heavy atom. The zero-order valence-corrected chi connectivity index (χ0v) is 15.1. The molecule has 0 spiro atoms. The van der Waals surface area contributed by atoms with Crippen molar-refractivity contribution in [3.63, 3.8) is 0 Å². The van der Waals surface area contributed by atoms with Gasteiger partial charge >= 0.3 is 0 Å². The van der Waals surface area contributed by atoms with Crippen LogP contribution in [0, 0.1) is 5.82 Å². The summed E-state index contributed by atoms with van der Waals surface area (Å²) in [6.45, 7) is 5.44. The lowest BCUT2D eigenvalue weighted by molar-refractivity contribution is -0.125. The Morgan fingerprint density at radius 3 is 2.44 bits per heavy atom. The molecule has 1 aliphatic rings. The van der Waals surface area contributed by atoms with Gasteiger partial charge in [0.15, 0.2) is 0 Å². The van der Waals surface area contributed by atoms with Gasteiger partial charge in [0.1, 0.15) is 12.4 Å². The third kappa shape index (κ3) is 5.74. The molecule has 9 heteroatoms. The molecule has 1 amide bonds. The SMILES string of the molecule is CCOCC(=O)NCCN1CCN(S(=O)(=O)c2ccc(F)cc2)CC1. The van der Waals surface area contributed by atoms with Crippen LogP contribution in [0.25, 0.3) is 0 Å². The van der Waals surface area contributed by atoms with Crippen molar-refractivity contribution in [3.05, 3.63) is 30.1 Å². The maximum absolute atomic E-state index is 13.0. The zero-order valence-electron chi connectivity index (χ0n) is 14.3. The number of benzene rings is 1. The molecular formula is C16H24FN3O4S. The third-order valence-corrected chi connectivity index (χ3v) is 5.88. The van der Waals surface area contributed by atoms with Gasteiger partial charge in [-0.15, -0.1) is 0 Å². The van der Waals surface area contributed by atoms with Crippen molar-refractivity contribution in [1.82, 2.24) is 14.5 Å². The Balaban J connectivity index is 1.77. The average Bonchev–Trinajstić information content (AvgIpc) is 2.61. The van der Waals surface area contributed by atoms with Crippen molar-refractivity contribution in [1.29, 1.82) is 0 Å². The van der Waals surface area contributed by atoms with Crippen LogP contribution in [0.5, 0.6) is 0 Å². The van der Waals surface area contributed by atoms with Crippen molar-refractivity contribution < 1.29 is 22.3 Å². The molecule has 1 saturated heterocycles. The fourth-order valence-corrected chi connectivity index (χ4v) is 3.97. The van der Waals surface area contributed by atoms with Crippen LogP contribution in [-0.2, 0) is 19.6 Å². The molecule has 1 N–H and O–H groups in total. The first kappa shape index (κ1) is 19.8. The number of ether oxygens (including phenoxy) is 1. The third-order valence-electron chi connectivity index (χ3n) is 3.97. The second-order valence-electron chi connectivity index (χ2n) is 5.69. The normalized spacial score (nSPS) is 16.7. The van der Waals surface area contributed by atoms with Crippen LogP contribution in [0.4, 0.5) is 4.39 Å². The van der Waals surface area contributed by atoms with Crippen LogP contribution in [0.1, 0.15) is 6.92 Å². The molecule has 0 bridgehead atoms. The fourth-order valence-electron chi connectivity index (χ4n) is 2.55. The number of sulfonamides is 1. The second-order valence-corrected chi connectivity index (χ2v) is 7.62. The van der Waals surface area contributed by atoms with Crippen LogP contribution < -0.4 is 5.32 Å². The van der Waals surface area contributed by atoms with Crippen molar-refractivity contribution >= 4 is 15.9 Å². The number of hydrogen-bond acceptors (Lipinski definition) is 5. The molecule has 2 rings (SSSR count). The second kappa shape index (κ2) is 9.23. The number of rotatable bonds is 8. The van der Waals surface area contributed by atoms with Crippen LogP contribution >= 0.6 is 0 Å². The summed E-state index contributed by atoms with van der Waals surface area (Å²) in [7, 11) is -3.59. The lowest BCUT2D eigenvalue weighted by Crippen LogP contribution is -2.50. The summed E-state index contributed by atoms with van der Waals surface area (Å²) in [4.78, 5) is 13.6. The molecule has 1 aliphatic heterocycles. The summed E-state index contributed by atoms with van der Waals surface area (Å²) in [5.74, 6) is -0.616. The minimum absolute atomic E-state index is 0.0557. The predicted octanol–water partition coefficient (Wildman–Crippen LogP) is 0.285. The van der Waals surface area contributed by atoms with Gasteiger partial charge < -0.3 is 10.1 Å². The summed E-state index contributed by atoms with van der Waals surface area (Å²) in [6, 6.07) is 4.86. The van der Waals surface area contributed by atoms with Crippen molar-refractivity contribution in [2.24, 2.45) is 0 Å². The minimum Gasteiger partial charge on any atom is -0.372 e. The highest BCUT2D eigenvalue weighted by atomic mass is 32.2.